The molecule has 2 aromatic carbocycles. The summed E-state index contributed by atoms with van der Waals surface area (Å²) in [5, 5.41) is 5.27. The molecule has 2 fully saturated rings. The summed E-state index contributed by atoms with van der Waals surface area (Å²) in [4.78, 5) is 12.3. The number of hydrogen-bond acceptors (Lipinski definition) is 7. The van der Waals surface area contributed by atoms with Crippen LogP contribution in [0.1, 0.15) is 55.6 Å². The first-order valence-corrected chi connectivity index (χ1v) is 14.6. The molecule has 2 N–H and O–H groups in total. The first-order valence-electron chi connectivity index (χ1n) is 13.0. The van der Waals surface area contributed by atoms with Crippen molar-refractivity contribution in [3.8, 4) is 0 Å². The van der Waals surface area contributed by atoms with Crippen LogP contribution < -0.4 is 10.6 Å². The molecule has 2 aliphatic rings. The SMILES string of the molecule is CCOC(=O)[C@H](C)NC1(c2ccc(CC3[C@H](C)NC[C@@H](c4ccccc4)S3(=O)=O)c(F)c2)CCOCC1. The Balaban J connectivity index is 1.59. The molecule has 1 unspecified atom stereocenters. The van der Waals surface area contributed by atoms with Gasteiger partial charge < -0.3 is 14.8 Å². The molecule has 37 heavy (non-hydrogen) atoms. The van der Waals surface area contributed by atoms with Gasteiger partial charge in [0.2, 0.25) is 0 Å². The van der Waals surface area contributed by atoms with Crippen molar-refractivity contribution in [2.45, 2.75) is 68.2 Å². The fraction of sp³-hybridized carbons (Fsp3) is 0.536. The predicted molar refractivity (Wildman–Crippen MR) is 140 cm³/mol. The van der Waals surface area contributed by atoms with Crippen LogP contribution in [0, 0.1) is 5.82 Å². The quantitative estimate of drug-likeness (QED) is 0.503. The van der Waals surface area contributed by atoms with Crippen LogP contribution in [0.25, 0.3) is 0 Å². The van der Waals surface area contributed by atoms with Crippen molar-refractivity contribution in [3.63, 3.8) is 0 Å². The highest BCUT2D eigenvalue weighted by Gasteiger charge is 2.43. The summed E-state index contributed by atoms with van der Waals surface area (Å²) < 4.78 is 53.5. The molecular formula is C28H37FN2O5S. The molecule has 2 heterocycles. The maximum atomic E-state index is 15.6. The molecular weight excluding hydrogens is 495 g/mol. The van der Waals surface area contributed by atoms with Crippen molar-refractivity contribution in [3.05, 3.63) is 71.0 Å². The van der Waals surface area contributed by atoms with Crippen molar-refractivity contribution in [1.29, 1.82) is 0 Å². The van der Waals surface area contributed by atoms with Crippen molar-refractivity contribution in [1.82, 2.24) is 10.6 Å². The zero-order chi connectivity index (χ0) is 26.6. The summed E-state index contributed by atoms with van der Waals surface area (Å²) in [5.74, 6) is -0.805. The molecule has 2 aliphatic heterocycles. The van der Waals surface area contributed by atoms with Gasteiger partial charge in [0.1, 0.15) is 11.9 Å². The highest BCUT2D eigenvalue weighted by molar-refractivity contribution is 7.92. The first kappa shape index (κ1) is 27.7. The average molecular weight is 533 g/mol. The summed E-state index contributed by atoms with van der Waals surface area (Å²) in [6, 6.07) is 13.3. The summed E-state index contributed by atoms with van der Waals surface area (Å²) in [5.41, 5.74) is 1.17. The summed E-state index contributed by atoms with van der Waals surface area (Å²) in [6.07, 6.45) is 1.23. The summed E-state index contributed by atoms with van der Waals surface area (Å²) in [6.45, 7) is 6.92. The fourth-order valence-electron chi connectivity index (χ4n) is 5.51. The minimum absolute atomic E-state index is 0.0781. The number of carbonyl (C=O) groups excluding carboxylic acids is 1. The lowest BCUT2D eigenvalue weighted by Gasteiger charge is -2.40. The maximum Gasteiger partial charge on any atom is 0.322 e. The van der Waals surface area contributed by atoms with Crippen molar-refractivity contribution in [2.75, 3.05) is 26.4 Å². The molecule has 2 saturated heterocycles. The summed E-state index contributed by atoms with van der Waals surface area (Å²) in [7, 11) is -3.56. The standard InChI is InChI=1S/C28H37FN2O5S/c1-4-36-27(32)20(3)31-28(12-14-35-15-13-28)23-11-10-22(24(29)17-23)16-25-19(2)30-18-26(37(25,33)34)21-8-6-5-7-9-21/h5-11,17,19-20,25-26,30-31H,4,12-16,18H2,1-3H3/t19-,20-,25?,26-/m0/s1. The van der Waals surface area contributed by atoms with E-state index in [0.717, 1.165) is 5.56 Å². The number of carbonyl (C=O) groups is 1. The molecule has 2 aromatic rings. The zero-order valence-corrected chi connectivity index (χ0v) is 22.5. The van der Waals surface area contributed by atoms with E-state index in [2.05, 4.69) is 10.6 Å². The lowest BCUT2D eigenvalue weighted by Crippen LogP contribution is -2.53. The van der Waals surface area contributed by atoms with Crippen LogP contribution in [-0.2, 0) is 36.1 Å². The minimum atomic E-state index is -3.56. The molecule has 0 saturated carbocycles. The number of rotatable bonds is 8. The second kappa shape index (κ2) is 11.6. The zero-order valence-electron chi connectivity index (χ0n) is 21.7. The lowest BCUT2D eigenvalue weighted by atomic mass is 9.81. The van der Waals surface area contributed by atoms with Gasteiger partial charge in [-0.15, -0.1) is 0 Å². The van der Waals surface area contributed by atoms with Crippen LogP contribution >= 0.6 is 0 Å². The molecule has 0 aromatic heterocycles. The Hall–Kier alpha value is -2.33. The van der Waals surface area contributed by atoms with Crippen LogP contribution in [0.3, 0.4) is 0 Å². The smallest absolute Gasteiger partial charge is 0.322 e. The molecule has 0 aliphatic carbocycles. The van der Waals surface area contributed by atoms with Crippen molar-refractivity contribution < 1.29 is 27.1 Å². The second-order valence-electron chi connectivity index (χ2n) is 10.0. The van der Waals surface area contributed by atoms with E-state index in [1.807, 2.05) is 43.3 Å². The Morgan fingerprint density at radius 1 is 1.22 bits per heavy atom. The van der Waals surface area contributed by atoms with Crippen LogP contribution in [0.2, 0.25) is 0 Å². The molecule has 4 rings (SSSR count). The monoisotopic (exact) mass is 532 g/mol. The van der Waals surface area contributed by atoms with Gasteiger partial charge >= 0.3 is 5.97 Å². The minimum Gasteiger partial charge on any atom is -0.465 e. The third kappa shape index (κ3) is 5.90. The number of esters is 1. The van der Waals surface area contributed by atoms with Gasteiger partial charge in [-0.05, 0) is 62.8 Å². The van der Waals surface area contributed by atoms with Crippen LogP contribution in [0.4, 0.5) is 4.39 Å². The van der Waals surface area contributed by atoms with E-state index in [9.17, 15) is 13.2 Å². The Morgan fingerprint density at radius 3 is 2.57 bits per heavy atom. The molecule has 9 heteroatoms. The van der Waals surface area contributed by atoms with Gasteiger partial charge in [-0.3, -0.25) is 10.1 Å². The normalized spacial score (nSPS) is 25.8. The Kier molecular flexibility index (Phi) is 8.68. The Labute approximate surface area is 219 Å². The number of nitrogens with one attached hydrogen (secondary N) is 2. The number of benzene rings is 2. The third-order valence-corrected chi connectivity index (χ3v) is 10.3. The largest absolute Gasteiger partial charge is 0.465 e. The molecule has 7 nitrogen and oxygen atoms in total. The van der Waals surface area contributed by atoms with Crippen molar-refractivity contribution >= 4 is 15.8 Å². The van der Waals surface area contributed by atoms with Gasteiger partial charge in [0, 0.05) is 31.3 Å². The van der Waals surface area contributed by atoms with Gasteiger partial charge in [-0.1, -0.05) is 42.5 Å². The molecule has 0 radical (unpaired) electrons. The van der Waals surface area contributed by atoms with E-state index in [0.29, 0.717) is 43.7 Å². The average Bonchev–Trinajstić information content (AvgIpc) is 2.88. The Bertz CT molecular complexity index is 1180. The van der Waals surface area contributed by atoms with E-state index in [-0.39, 0.29) is 25.0 Å². The van der Waals surface area contributed by atoms with Crippen LogP contribution in [0.15, 0.2) is 48.5 Å². The topological polar surface area (TPSA) is 93.7 Å². The highest BCUT2D eigenvalue weighted by Crippen LogP contribution is 2.36. The molecule has 0 bridgehead atoms. The first-order chi connectivity index (χ1) is 17.7. The number of halogens is 1. The van der Waals surface area contributed by atoms with E-state index in [1.54, 1.807) is 19.9 Å². The number of ether oxygens (including phenoxy) is 2. The second-order valence-corrected chi connectivity index (χ2v) is 12.4. The van der Waals surface area contributed by atoms with Gasteiger partial charge in [0.05, 0.1) is 17.1 Å². The number of hydrogen-bond donors (Lipinski definition) is 2. The maximum absolute atomic E-state index is 15.6. The molecule has 0 amide bonds. The molecule has 4 atom stereocenters. The van der Waals surface area contributed by atoms with Crippen LogP contribution in [0.5, 0.6) is 0 Å². The predicted octanol–water partition coefficient (Wildman–Crippen LogP) is 3.43. The number of sulfone groups is 1. The Morgan fingerprint density at radius 2 is 1.92 bits per heavy atom. The van der Waals surface area contributed by atoms with E-state index in [1.165, 1.54) is 6.07 Å². The van der Waals surface area contributed by atoms with E-state index < -0.39 is 37.7 Å². The van der Waals surface area contributed by atoms with Gasteiger partial charge in [-0.2, -0.15) is 0 Å². The van der Waals surface area contributed by atoms with Gasteiger partial charge in [-0.25, -0.2) is 12.8 Å². The van der Waals surface area contributed by atoms with Crippen molar-refractivity contribution in [2.24, 2.45) is 0 Å². The van der Waals surface area contributed by atoms with Gasteiger partial charge in [0.15, 0.2) is 9.84 Å². The summed E-state index contributed by atoms with van der Waals surface area (Å²) >= 11 is 0. The molecule has 202 valence electrons. The van der Waals surface area contributed by atoms with Crippen LogP contribution in [-0.4, -0.2) is 58.1 Å². The highest BCUT2D eigenvalue weighted by atomic mass is 32.2. The lowest BCUT2D eigenvalue weighted by molar-refractivity contribution is -0.146. The molecule has 0 spiro atoms. The van der Waals surface area contributed by atoms with Gasteiger partial charge in [0.25, 0.3) is 0 Å². The fourth-order valence-corrected chi connectivity index (χ4v) is 7.87. The third-order valence-electron chi connectivity index (χ3n) is 7.68. The van der Waals surface area contributed by atoms with E-state index >= 15 is 4.39 Å². The van der Waals surface area contributed by atoms with E-state index in [4.69, 9.17) is 9.47 Å².